The molecule has 1 aliphatic rings. The van der Waals surface area contributed by atoms with E-state index in [1.807, 2.05) is 4.90 Å². The Bertz CT molecular complexity index is 1500. The predicted molar refractivity (Wildman–Crippen MR) is 125 cm³/mol. The summed E-state index contributed by atoms with van der Waals surface area (Å²) in [5.41, 5.74) is -2.72. The Morgan fingerprint density at radius 3 is 2.43 bits per heavy atom. The Hall–Kier alpha value is -4.03. The minimum absolute atomic E-state index is 0.0329. The van der Waals surface area contributed by atoms with Gasteiger partial charge < -0.3 is 14.4 Å². The molecule has 0 spiro atoms. The van der Waals surface area contributed by atoms with Crippen molar-refractivity contribution < 1.29 is 27.5 Å². The van der Waals surface area contributed by atoms with Crippen molar-refractivity contribution in [1.29, 1.82) is 0 Å². The fraction of sp³-hybridized carbons (Fsp3) is 0.280. The average Bonchev–Trinajstić information content (AvgIpc) is 3.36. The van der Waals surface area contributed by atoms with E-state index in [9.17, 15) is 27.9 Å². The van der Waals surface area contributed by atoms with E-state index in [1.165, 1.54) is 46.5 Å². The second kappa shape index (κ2) is 9.79. The number of β-amino-alcohol motifs (C(OH)–C–C–N with tert-alkyl or cyclic N) is 1. The molecular formula is C25H22F3N5O4. The number of benzene rings is 2. The first-order valence-corrected chi connectivity index (χ1v) is 11.5. The zero-order valence-corrected chi connectivity index (χ0v) is 19.5. The molecular weight excluding hydrogens is 491 g/mol. The van der Waals surface area contributed by atoms with Crippen molar-refractivity contribution in [3.8, 4) is 0 Å². The molecule has 1 amide bonds. The highest BCUT2D eigenvalue weighted by molar-refractivity contribution is 5.96. The number of nitrogens with zero attached hydrogens (tertiary/aromatic N) is 5. The summed E-state index contributed by atoms with van der Waals surface area (Å²) < 4.78 is 48.3. The molecule has 1 atom stereocenters. The quantitative estimate of drug-likeness (QED) is 0.394. The molecule has 1 aliphatic heterocycles. The molecule has 12 heteroatoms. The van der Waals surface area contributed by atoms with Crippen molar-refractivity contribution in [2.24, 2.45) is 0 Å². The van der Waals surface area contributed by atoms with Gasteiger partial charge in [-0.05, 0) is 30.3 Å². The van der Waals surface area contributed by atoms with Gasteiger partial charge in [-0.25, -0.2) is 27.6 Å². The summed E-state index contributed by atoms with van der Waals surface area (Å²) in [6.07, 6.45) is 2.66. The normalized spacial score (nSPS) is 16.2. The fourth-order valence-electron chi connectivity index (χ4n) is 4.56. The number of carbonyl (C=O) groups excluding carboxylic acids is 1. The Balaban J connectivity index is 1.32. The van der Waals surface area contributed by atoms with Crippen LogP contribution in [0.1, 0.15) is 15.9 Å². The number of rotatable bonds is 6. The van der Waals surface area contributed by atoms with Crippen LogP contribution in [0, 0.1) is 17.5 Å². The molecule has 3 heterocycles. The van der Waals surface area contributed by atoms with Crippen molar-refractivity contribution in [2.75, 3.05) is 32.7 Å². The first kappa shape index (κ1) is 24.7. The fourth-order valence-corrected chi connectivity index (χ4v) is 4.56. The number of carbonyl (C=O) groups is 1. The van der Waals surface area contributed by atoms with Crippen LogP contribution in [0.3, 0.4) is 0 Å². The summed E-state index contributed by atoms with van der Waals surface area (Å²) >= 11 is 0. The number of aromatic nitrogens is 3. The summed E-state index contributed by atoms with van der Waals surface area (Å²) in [4.78, 5) is 32.6. The maximum Gasteiger partial charge on any atom is 0.349 e. The van der Waals surface area contributed by atoms with Crippen LogP contribution < -0.4 is 5.63 Å². The molecule has 5 rings (SSSR count). The van der Waals surface area contributed by atoms with E-state index in [0.717, 1.165) is 12.1 Å². The summed E-state index contributed by atoms with van der Waals surface area (Å²) in [5.74, 6) is -2.74. The summed E-state index contributed by atoms with van der Waals surface area (Å²) in [6, 6.07) is 7.95. The number of hydrogen-bond acceptors (Lipinski definition) is 7. The summed E-state index contributed by atoms with van der Waals surface area (Å²) in [5, 5.41) is 15.8. The van der Waals surface area contributed by atoms with E-state index >= 15 is 0 Å². The second-order valence-electron chi connectivity index (χ2n) is 8.95. The van der Waals surface area contributed by atoms with E-state index in [1.54, 1.807) is 0 Å². The molecule has 0 aliphatic carbocycles. The largest absolute Gasteiger partial charge is 0.422 e. The topological polar surface area (TPSA) is 105 Å². The van der Waals surface area contributed by atoms with E-state index in [-0.39, 0.29) is 42.9 Å². The maximum atomic E-state index is 14.7. The predicted octanol–water partition coefficient (Wildman–Crippen LogP) is 2.15. The first-order valence-electron chi connectivity index (χ1n) is 11.5. The molecule has 2 aromatic carbocycles. The lowest BCUT2D eigenvalue weighted by atomic mass is 9.92. The minimum atomic E-state index is -1.78. The molecule has 1 N–H and O–H groups in total. The van der Waals surface area contributed by atoms with Crippen LogP contribution in [0.15, 0.2) is 64.3 Å². The molecule has 2 aromatic heterocycles. The van der Waals surface area contributed by atoms with Crippen molar-refractivity contribution in [3.63, 3.8) is 0 Å². The van der Waals surface area contributed by atoms with Gasteiger partial charge in [-0.2, -0.15) is 5.10 Å². The van der Waals surface area contributed by atoms with Crippen molar-refractivity contribution in [3.05, 3.63) is 94.1 Å². The lowest BCUT2D eigenvalue weighted by Crippen LogP contribution is -2.53. The van der Waals surface area contributed by atoms with Crippen molar-refractivity contribution >= 4 is 16.9 Å². The molecule has 1 saturated heterocycles. The van der Waals surface area contributed by atoms with Crippen molar-refractivity contribution in [2.45, 2.75) is 12.1 Å². The molecule has 37 heavy (non-hydrogen) atoms. The number of halogens is 3. The van der Waals surface area contributed by atoms with E-state index in [0.29, 0.717) is 24.5 Å². The van der Waals surface area contributed by atoms with Crippen LogP contribution in [0.5, 0.6) is 0 Å². The average molecular weight is 513 g/mol. The van der Waals surface area contributed by atoms with Crippen LogP contribution in [0.4, 0.5) is 13.2 Å². The monoisotopic (exact) mass is 513 g/mol. The zero-order valence-electron chi connectivity index (χ0n) is 19.5. The van der Waals surface area contributed by atoms with Crippen LogP contribution >= 0.6 is 0 Å². The number of aliphatic hydroxyl groups is 1. The lowest BCUT2D eigenvalue weighted by molar-refractivity contribution is -0.0302. The minimum Gasteiger partial charge on any atom is -0.422 e. The van der Waals surface area contributed by atoms with Gasteiger partial charge in [-0.15, -0.1) is 0 Å². The van der Waals surface area contributed by atoms with Gasteiger partial charge in [-0.1, -0.05) is 6.07 Å². The highest BCUT2D eigenvalue weighted by Gasteiger charge is 2.37. The van der Waals surface area contributed by atoms with E-state index in [4.69, 9.17) is 4.42 Å². The van der Waals surface area contributed by atoms with E-state index in [2.05, 4.69) is 10.1 Å². The van der Waals surface area contributed by atoms with Crippen LogP contribution in [0.25, 0.3) is 11.0 Å². The standard InChI is InChI=1S/C25H22F3N5O4/c26-17-2-4-22-16(9-17)10-19(24(35)37-22)23(34)32-7-5-31(6-8-32)12-25(36,13-33-15-29-14-30-33)20-3-1-18(27)11-21(20)28/h1-4,9-11,14-15,36H,5-8,12-13H2. The van der Waals surface area contributed by atoms with Gasteiger partial charge in [0.15, 0.2) is 0 Å². The van der Waals surface area contributed by atoms with E-state index < -0.39 is 34.6 Å². The smallest absolute Gasteiger partial charge is 0.349 e. The number of piperazine rings is 1. The Morgan fingerprint density at radius 1 is 1.00 bits per heavy atom. The van der Waals surface area contributed by atoms with Gasteiger partial charge in [0, 0.05) is 49.7 Å². The molecule has 0 bridgehead atoms. The Labute approximate surface area is 208 Å². The third-order valence-electron chi connectivity index (χ3n) is 6.39. The highest BCUT2D eigenvalue weighted by Crippen LogP contribution is 2.28. The Morgan fingerprint density at radius 2 is 1.73 bits per heavy atom. The summed E-state index contributed by atoms with van der Waals surface area (Å²) in [7, 11) is 0. The van der Waals surface area contributed by atoms with Gasteiger partial charge in [0.1, 0.15) is 46.9 Å². The highest BCUT2D eigenvalue weighted by atomic mass is 19.1. The molecule has 1 unspecified atom stereocenters. The van der Waals surface area contributed by atoms with Crippen LogP contribution in [0.2, 0.25) is 0 Å². The maximum absolute atomic E-state index is 14.7. The van der Waals surface area contributed by atoms with Gasteiger partial charge in [0.2, 0.25) is 0 Å². The van der Waals surface area contributed by atoms with Crippen LogP contribution in [-0.4, -0.2) is 68.3 Å². The number of amides is 1. The van der Waals surface area contributed by atoms with Gasteiger partial charge in [-0.3, -0.25) is 9.69 Å². The third kappa shape index (κ3) is 5.11. The second-order valence-corrected chi connectivity index (χ2v) is 8.95. The molecule has 9 nitrogen and oxygen atoms in total. The number of hydrogen-bond donors (Lipinski definition) is 1. The van der Waals surface area contributed by atoms with Crippen LogP contribution in [-0.2, 0) is 12.1 Å². The number of fused-ring (bicyclic) bond motifs is 1. The van der Waals surface area contributed by atoms with Gasteiger partial charge >= 0.3 is 5.63 Å². The molecule has 0 saturated carbocycles. The Kier molecular flexibility index (Phi) is 6.52. The van der Waals surface area contributed by atoms with Gasteiger partial charge in [0.25, 0.3) is 5.91 Å². The van der Waals surface area contributed by atoms with Crippen molar-refractivity contribution in [1.82, 2.24) is 24.6 Å². The molecule has 0 radical (unpaired) electrons. The van der Waals surface area contributed by atoms with Gasteiger partial charge in [0.05, 0.1) is 6.54 Å². The SMILES string of the molecule is O=C(c1cc2cc(F)ccc2oc1=O)N1CCN(CC(O)(Cn2cncn2)c2ccc(F)cc2F)CC1. The third-order valence-corrected chi connectivity index (χ3v) is 6.39. The first-order chi connectivity index (χ1) is 17.7. The summed E-state index contributed by atoms with van der Waals surface area (Å²) in [6.45, 7) is 0.872. The molecule has 4 aromatic rings. The lowest BCUT2D eigenvalue weighted by Gasteiger charge is -2.39. The molecule has 192 valence electrons. The molecule has 1 fully saturated rings. The zero-order chi connectivity index (χ0) is 26.2.